The summed E-state index contributed by atoms with van der Waals surface area (Å²) in [5.41, 5.74) is 4.68. The lowest BCUT2D eigenvalue weighted by atomic mass is 9.92. The largest absolute Gasteiger partial charge is 0.555 e. The van der Waals surface area contributed by atoms with Gasteiger partial charge >= 0.3 is 6.03 Å². The lowest BCUT2D eigenvalue weighted by Gasteiger charge is -2.23. The summed E-state index contributed by atoms with van der Waals surface area (Å²) in [6.07, 6.45) is 8.06. The molecule has 2 atom stereocenters. The van der Waals surface area contributed by atoms with E-state index < -0.39 is 26.8 Å². The van der Waals surface area contributed by atoms with E-state index in [-0.39, 0.29) is 6.54 Å². The van der Waals surface area contributed by atoms with Crippen LogP contribution in [-0.2, 0) is 35.6 Å². The van der Waals surface area contributed by atoms with Crippen LogP contribution in [0.5, 0.6) is 0 Å². The molecule has 2 unspecified atom stereocenters. The number of nitriles is 1. The number of nitrogens with zero attached hydrogens (tertiary/aromatic N) is 4. The van der Waals surface area contributed by atoms with Gasteiger partial charge in [0.2, 0.25) is 9.92 Å². The fraction of sp³-hybridized carbons (Fsp3) is 0.478. The molecule has 3 N–H and O–H groups in total. The van der Waals surface area contributed by atoms with Gasteiger partial charge in [-0.2, -0.15) is 14.6 Å². The quantitative estimate of drug-likeness (QED) is 0.536. The topological polar surface area (TPSA) is 132 Å². The average molecular weight is 455 g/mol. The van der Waals surface area contributed by atoms with Gasteiger partial charge in [0.15, 0.2) is 0 Å². The first kappa shape index (κ1) is 22.5. The Kier molecular flexibility index (Phi) is 5.65. The number of urea groups is 1. The second-order valence-corrected chi connectivity index (χ2v) is 11.1. The Hall–Kier alpha value is -2.67. The van der Waals surface area contributed by atoms with Gasteiger partial charge in [-0.05, 0) is 69.1 Å². The fourth-order valence-corrected chi connectivity index (χ4v) is 5.96. The van der Waals surface area contributed by atoms with E-state index in [9.17, 15) is 19.4 Å². The second kappa shape index (κ2) is 8.03. The van der Waals surface area contributed by atoms with Crippen molar-refractivity contribution in [1.82, 2.24) is 0 Å². The van der Waals surface area contributed by atoms with Crippen LogP contribution in [0, 0.1) is 11.3 Å². The van der Waals surface area contributed by atoms with Crippen LogP contribution in [0.15, 0.2) is 21.0 Å². The van der Waals surface area contributed by atoms with Crippen LogP contribution >= 0.6 is 0 Å². The first-order chi connectivity index (χ1) is 15.0. The van der Waals surface area contributed by atoms with Crippen molar-refractivity contribution in [3.05, 3.63) is 39.5 Å². The first-order valence-electron chi connectivity index (χ1n) is 10.8. The zero-order chi connectivity index (χ0) is 23.3. The highest BCUT2D eigenvalue weighted by Gasteiger charge is 2.36. The van der Waals surface area contributed by atoms with Gasteiger partial charge in [-0.15, -0.1) is 0 Å². The number of aliphatic hydroxyl groups is 1. The molecule has 0 spiro atoms. The van der Waals surface area contributed by atoms with E-state index in [1.165, 1.54) is 10.8 Å². The molecular formula is C23H28N5O3S+. The minimum atomic E-state index is -3.48. The molecule has 0 bridgehead atoms. The molecule has 0 aromatic heterocycles. The molecule has 0 saturated carbocycles. The third-order valence-electron chi connectivity index (χ3n) is 6.47. The highest BCUT2D eigenvalue weighted by atomic mass is 32.2. The predicted molar refractivity (Wildman–Crippen MR) is 124 cm³/mol. The molecule has 32 heavy (non-hydrogen) atoms. The van der Waals surface area contributed by atoms with Crippen molar-refractivity contribution in [3.8, 4) is 6.07 Å². The first-order valence-corrected chi connectivity index (χ1v) is 12.4. The van der Waals surface area contributed by atoms with Crippen LogP contribution in [0.2, 0.25) is 0 Å². The zero-order valence-electron chi connectivity index (χ0n) is 18.4. The minimum absolute atomic E-state index is 0.116. The van der Waals surface area contributed by atoms with Gasteiger partial charge in [-0.25, -0.2) is 9.35 Å². The van der Waals surface area contributed by atoms with Crippen LogP contribution < -0.4 is 5.14 Å². The van der Waals surface area contributed by atoms with Crippen molar-refractivity contribution in [3.63, 3.8) is 0 Å². The highest BCUT2D eigenvalue weighted by Crippen LogP contribution is 2.42. The standard InChI is InChI=1S/C23H27N5O3S/c1-23(2,30)14-10-15(13-26-12-14)32(25,31)27-22(29)28(3)21-18-8-4-6-16(18)20(11-24)17-7-5-9-19(17)21/h10,12,15,30H,3-9,13H2,1-2H3,(H-,25,27,29,31)/p+1. The number of nitrogens with two attached hydrogens (primary N) is 1. The van der Waals surface area contributed by atoms with E-state index in [1.807, 2.05) is 0 Å². The molecule has 168 valence electrons. The van der Waals surface area contributed by atoms with Crippen LogP contribution in [0.3, 0.4) is 0 Å². The molecule has 0 fully saturated rings. The molecule has 1 aliphatic heterocycles. The van der Waals surface area contributed by atoms with Crippen molar-refractivity contribution >= 4 is 34.6 Å². The molecule has 3 aliphatic rings. The summed E-state index contributed by atoms with van der Waals surface area (Å²) < 4.78 is 18.3. The van der Waals surface area contributed by atoms with Crippen molar-refractivity contribution in [2.24, 2.45) is 14.5 Å². The number of benzene rings is 1. The maximum atomic E-state index is 13.2. The maximum absolute atomic E-state index is 13.2. The molecule has 2 amide bonds. The Morgan fingerprint density at radius 1 is 1.28 bits per heavy atom. The number of rotatable bonds is 3. The van der Waals surface area contributed by atoms with E-state index in [4.69, 9.17) is 5.14 Å². The average Bonchev–Trinajstić information content (AvgIpc) is 3.40. The van der Waals surface area contributed by atoms with Gasteiger partial charge in [-0.3, -0.25) is 4.99 Å². The Bertz CT molecular complexity index is 1220. The molecule has 1 aromatic carbocycles. The highest BCUT2D eigenvalue weighted by molar-refractivity contribution is 7.92. The number of amides is 2. The van der Waals surface area contributed by atoms with E-state index in [0.717, 1.165) is 66.3 Å². The summed E-state index contributed by atoms with van der Waals surface area (Å²) in [6.45, 7) is 7.25. The number of hydrogen-bond acceptors (Lipinski definition) is 5. The number of carbonyl (C=O) groups excluding carboxylic acids is 1. The van der Waals surface area contributed by atoms with E-state index in [1.54, 1.807) is 19.9 Å². The van der Waals surface area contributed by atoms with Crippen molar-refractivity contribution < 1.29 is 18.7 Å². The molecule has 8 nitrogen and oxygen atoms in total. The summed E-state index contributed by atoms with van der Waals surface area (Å²) in [4.78, 5) is 17.3. The van der Waals surface area contributed by atoms with Gasteiger partial charge in [0, 0.05) is 17.3 Å². The lowest BCUT2D eigenvalue weighted by Crippen LogP contribution is -2.35. The smallest absolute Gasteiger partial charge is 0.386 e. The van der Waals surface area contributed by atoms with Gasteiger partial charge in [-0.1, -0.05) is 6.08 Å². The number of carbonyl (C=O) groups is 1. The third kappa shape index (κ3) is 3.83. The Labute approximate surface area is 188 Å². The SMILES string of the molecule is C=[N+](C(=O)N=S(N)(=O)C1C=C(C(C)(C)O)C=NC1)c1c2c(c(C#N)c3c1CCC3)CCC2. The Morgan fingerprint density at radius 3 is 2.38 bits per heavy atom. The number of dihydropyridines is 1. The maximum Gasteiger partial charge on any atom is 0.555 e. The molecule has 0 radical (unpaired) electrons. The van der Waals surface area contributed by atoms with Gasteiger partial charge in [0.25, 0.3) is 0 Å². The summed E-state index contributed by atoms with van der Waals surface area (Å²) in [7, 11) is -3.48. The predicted octanol–water partition coefficient (Wildman–Crippen LogP) is 2.49. The van der Waals surface area contributed by atoms with Crippen LogP contribution in [0.25, 0.3) is 0 Å². The normalized spacial score (nSPS) is 21.2. The number of fused-ring (bicyclic) bond motifs is 2. The summed E-state index contributed by atoms with van der Waals surface area (Å²) in [6, 6.07) is 1.59. The number of hydrogen-bond donors (Lipinski definition) is 2. The second-order valence-electron chi connectivity index (χ2n) is 9.09. The monoisotopic (exact) mass is 454 g/mol. The Balaban J connectivity index is 1.73. The molecule has 1 aromatic rings. The van der Waals surface area contributed by atoms with E-state index >= 15 is 0 Å². The summed E-state index contributed by atoms with van der Waals surface area (Å²) in [5.74, 6) is 0. The Morgan fingerprint density at radius 2 is 1.84 bits per heavy atom. The van der Waals surface area contributed by atoms with Crippen molar-refractivity contribution in [2.45, 2.75) is 63.2 Å². The van der Waals surface area contributed by atoms with Gasteiger partial charge < -0.3 is 5.11 Å². The van der Waals surface area contributed by atoms with Gasteiger partial charge in [0.1, 0.15) is 10.9 Å². The summed E-state index contributed by atoms with van der Waals surface area (Å²) >= 11 is 0. The fourth-order valence-electron chi connectivity index (χ4n) is 4.84. The van der Waals surface area contributed by atoms with E-state index in [2.05, 4.69) is 22.1 Å². The number of aliphatic imine (C=N–C) groups is 1. The van der Waals surface area contributed by atoms with Crippen LogP contribution in [0.4, 0.5) is 10.5 Å². The molecular weight excluding hydrogens is 426 g/mol. The van der Waals surface area contributed by atoms with E-state index in [0.29, 0.717) is 11.3 Å². The molecule has 0 saturated heterocycles. The third-order valence-corrected chi connectivity index (χ3v) is 8.06. The van der Waals surface area contributed by atoms with Crippen molar-refractivity contribution in [1.29, 1.82) is 5.26 Å². The zero-order valence-corrected chi connectivity index (χ0v) is 19.2. The lowest BCUT2D eigenvalue weighted by molar-refractivity contribution is -0.320. The van der Waals surface area contributed by atoms with Crippen LogP contribution in [0.1, 0.15) is 54.5 Å². The van der Waals surface area contributed by atoms with Crippen LogP contribution in [-0.4, -0.2) is 50.2 Å². The molecule has 2 aliphatic carbocycles. The van der Waals surface area contributed by atoms with Crippen molar-refractivity contribution in [2.75, 3.05) is 6.54 Å². The molecule has 1 heterocycles. The minimum Gasteiger partial charge on any atom is -0.386 e. The summed E-state index contributed by atoms with van der Waals surface area (Å²) in [5, 5.41) is 25.2. The van der Waals surface area contributed by atoms with Gasteiger partial charge in [0.05, 0.1) is 34.9 Å². The molecule has 9 heteroatoms. The molecule has 4 rings (SSSR count).